The molecule has 0 saturated carbocycles. The highest BCUT2D eigenvalue weighted by Crippen LogP contribution is 2.19. The number of thioether (sulfide) groups is 1. The van der Waals surface area contributed by atoms with E-state index in [1.165, 1.54) is 6.07 Å². The van der Waals surface area contributed by atoms with Crippen molar-refractivity contribution in [2.24, 2.45) is 0 Å². The Morgan fingerprint density at radius 1 is 1.38 bits per heavy atom. The van der Waals surface area contributed by atoms with Crippen molar-refractivity contribution in [3.05, 3.63) is 35.4 Å². The molecule has 0 spiro atoms. The number of halogens is 2. The third-order valence-corrected chi connectivity index (χ3v) is 2.77. The van der Waals surface area contributed by atoms with Crippen LogP contribution in [0.2, 0.25) is 0 Å². The smallest absolute Gasteiger partial charge is 0.131 e. The highest BCUT2D eigenvalue weighted by Gasteiger charge is 2.16. The standard InChI is InChI=1S/C11H15F2NOS/c1-16-6-5-14-7-10(15)11-8(12)3-2-4-9(11)13/h2-4,10,14-15H,5-7H2,1H3. The van der Waals surface area contributed by atoms with Gasteiger partial charge in [-0.15, -0.1) is 0 Å². The minimum atomic E-state index is -1.15. The number of aliphatic hydroxyl groups excluding tert-OH is 1. The molecule has 1 aromatic rings. The van der Waals surface area contributed by atoms with Gasteiger partial charge in [-0.25, -0.2) is 8.78 Å². The minimum absolute atomic E-state index is 0.151. The first kappa shape index (κ1) is 13.4. The van der Waals surface area contributed by atoms with Crippen molar-refractivity contribution >= 4 is 11.8 Å². The number of hydrogen-bond donors (Lipinski definition) is 2. The Kier molecular flexibility index (Phi) is 5.73. The maximum absolute atomic E-state index is 13.2. The first-order valence-electron chi connectivity index (χ1n) is 4.98. The quantitative estimate of drug-likeness (QED) is 0.754. The molecule has 0 aliphatic rings. The van der Waals surface area contributed by atoms with Crippen LogP contribution in [0.3, 0.4) is 0 Å². The summed E-state index contributed by atoms with van der Waals surface area (Å²) in [5, 5.41) is 12.6. The van der Waals surface area contributed by atoms with Crippen LogP contribution in [0.4, 0.5) is 8.78 Å². The summed E-state index contributed by atoms with van der Waals surface area (Å²) in [7, 11) is 0. The Bertz CT molecular complexity index is 316. The summed E-state index contributed by atoms with van der Waals surface area (Å²) < 4.78 is 26.5. The summed E-state index contributed by atoms with van der Waals surface area (Å²) >= 11 is 1.66. The van der Waals surface area contributed by atoms with Gasteiger partial charge in [0.25, 0.3) is 0 Å². The Morgan fingerprint density at radius 3 is 2.56 bits per heavy atom. The topological polar surface area (TPSA) is 32.3 Å². The van der Waals surface area contributed by atoms with Crippen LogP contribution in [0.15, 0.2) is 18.2 Å². The van der Waals surface area contributed by atoms with Gasteiger partial charge in [-0.05, 0) is 18.4 Å². The van der Waals surface area contributed by atoms with Gasteiger partial charge in [-0.2, -0.15) is 11.8 Å². The van der Waals surface area contributed by atoms with Gasteiger partial charge in [-0.3, -0.25) is 0 Å². The van der Waals surface area contributed by atoms with Crippen LogP contribution in [-0.4, -0.2) is 30.2 Å². The first-order chi connectivity index (χ1) is 7.66. The number of nitrogens with one attached hydrogen (secondary N) is 1. The Morgan fingerprint density at radius 2 is 2.00 bits per heavy atom. The summed E-state index contributed by atoms with van der Waals surface area (Å²) in [6.45, 7) is 0.854. The van der Waals surface area contributed by atoms with Crippen molar-refractivity contribution < 1.29 is 13.9 Å². The van der Waals surface area contributed by atoms with E-state index in [0.29, 0.717) is 6.54 Å². The summed E-state index contributed by atoms with van der Waals surface area (Å²) in [5.41, 5.74) is -0.265. The molecular formula is C11H15F2NOS. The van der Waals surface area contributed by atoms with E-state index in [2.05, 4.69) is 5.32 Å². The first-order valence-corrected chi connectivity index (χ1v) is 6.37. The molecule has 1 atom stereocenters. The second-order valence-electron chi connectivity index (χ2n) is 3.35. The lowest BCUT2D eigenvalue weighted by molar-refractivity contribution is 0.166. The molecule has 0 amide bonds. The molecule has 0 heterocycles. The van der Waals surface area contributed by atoms with Crippen LogP contribution in [-0.2, 0) is 0 Å². The van der Waals surface area contributed by atoms with Gasteiger partial charge in [0.2, 0.25) is 0 Å². The molecule has 16 heavy (non-hydrogen) atoms. The Balaban J connectivity index is 2.55. The third-order valence-electron chi connectivity index (χ3n) is 2.15. The van der Waals surface area contributed by atoms with Crippen LogP contribution >= 0.6 is 11.8 Å². The molecule has 0 aliphatic heterocycles. The van der Waals surface area contributed by atoms with E-state index in [4.69, 9.17) is 0 Å². The van der Waals surface area contributed by atoms with Crippen molar-refractivity contribution in [2.45, 2.75) is 6.10 Å². The van der Waals surface area contributed by atoms with E-state index in [1.54, 1.807) is 11.8 Å². The predicted octanol–water partition coefficient (Wildman–Crippen LogP) is 1.95. The maximum Gasteiger partial charge on any atom is 0.131 e. The van der Waals surface area contributed by atoms with Gasteiger partial charge in [0.1, 0.15) is 11.6 Å². The average molecular weight is 247 g/mol. The van der Waals surface area contributed by atoms with E-state index in [-0.39, 0.29) is 12.1 Å². The van der Waals surface area contributed by atoms with Gasteiger partial charge in [0.15, 0.2) is 0 Å². The molecule has 1 aromatic carbocycles. The molecule has 0 bridgehead atoms. The Hall–Kier alpha value is -0.650. The molecule has 2 N–H and O–H groups in total. The molecule has 1 unspecified atom stereocenters. The van der Waals surface area contributed by atoms with E-state index in [9.17, 15) is 13.9 Å². The van der Waals surface area contributed by atoms with Crippen LogP contribution in [0, 0.1) is 11.6 Å². The summed E-state index contributed by atoms with van der Waals surface area (Å²) in [4.78, 5) is 0. The second-order valence-corrected chi connectivity index (χ2v) is 4.33. The molecule has 2 nitrogen and oxygen atoms in total. The molecule has 90 valence electrons. The zero-order chi connectivity index (χ0) is 12.0. The molecule has 0 aliphatic carbocycles. The van der Waals surface area contributed by atoms with Crippen LogP contribution in [0.1, 0.15) is 11.7 Å². The third kappa shape index (κ3) is 3.73. The van der Waals surface area contributed by atoms with Crippen molar-refractivity contribution in [2.75, 3.05) is 25.1 Å². The highest BCUT2D eigenvalue weighted by atomic mass is 32.2. The van der Waals surface area contributed by atoms with E-state index >= 15 is 0 Å². The largest absolute Gasteiger partial charge is 0.387 e. The zero-order valence-corrected chi connectivity index (χ0v) is 9.86. The van der Waals surface area contributed by atoms with Crippen LogP contribution in [0.25, 0.3) is 0 Å². The molecular weight excluding hydrogens is 232 g/mol. The summed E-state index contributed by atoms with van der Waals surface area (Å²) in [5.74, 6) is -0.523. The van der Waals surface area contributed by atoms with Gasteiger partial charge in [0, 0.05) is 18.8 Å². The zero-order valence-electron chi connectivity index (χ0n) is 9.04. The van der Waals surface area contributed by atoms with E-state index in [1.807, 2.05) is 6.26 Å². The summed E-state index contributed by atoms with van der Waals surface area (Å²) in [6, 6.07) is 3.56. The second kappa shape index (κ2) is 6.83. The summed E-state index contributed by atoms with van der Waals surface area (Å²) in [6.07, 6.45) is 0.817. The lowest BCUT2D eigenvalue weighted by atomic mass is 10.1. The number of aliphatic hydroxyl groups is 1. The van der Waals surface area contributed by atoms with Crippen LogP contribution in [0.5, 0.6) is 0 Å². The monoisotopic (exact) mass is 247 g/mol. The highest BCUT2D eigenvalue weighted by molar-refractivity contribution is 7.98. The van der Waals surface area contributed by atoms with Gasteiger partial charge in [-0.1, -0.05) is 6.07 Å². The normalized spacial score (nSPS) is 12.8. The molecule has 5 heteroatoms. The lowest BCUT2D eigenvalue weighted by Gasteiger charge is -2.13. The Labute approximate surface area is 98.1 Å². The SMILES string of the molecule is CSCCNCC(O)c1c(F)cccc1F. The number of benzene rings is 1. The van der Waals surface area contributed by atoms with Crippen LogP contribution < -0.4 is 5.32 Å². The maximum atomic E-state index is 13.2. The molecule has 0 radical (unpaired) electrons. The molecule has 0 saturated heterocycles. The van der Waals surface area contributed by atoms with Gasteiger partial charge in [0.05, 0.1) is 11.7 Å². The van der Waals surface area contributed by atoms with Crippen molar-refractivity contribution in [3.8, 4) is 0 Å². The predicted molar refractivity (Wildman–Crippen MR) is 62.6 cm³/mol. The average Bonchev–Trinajstić information content (AvgIpc) is 2.24. The van der Waals surface area contributed by atoms with Gasteiger partial charge >= 0.3 is 0 Å². The fraction of sp³-hybridized carbons (Fsp3) is 0.455. The fourth-order valence-electron chi connectivity index (χ4n) is 1.34. The van der Waals surface area contributed by atoms with Crippen molar-refractivity contribution in [1.29, 1.82) is 0 Å². The van der Waals surface area contributed by atoms with E-state index in [0.717, 1.165) is 17.9 Å². The lowest BCUT2D eigenvalue weighted by Crippen LogP contribution is -2.24. The fourth-order valence-corrected chi connectivity index (χ4v) is 1.69. The van der Waals surface area contributed by atoms with Crippen molar-refractivity contribution in [3.63, 3.8) is 0 Å². The van der Waals surface area contributed by atoms with Gasteiger partial charge < -0.3 is 10.4 Å². The molecule has 0 fully saturated rings. The van der Waals surface area contributed by atoms with Crippen molar-refractivity contribution in [1.82, 2.24) is 5.32 Å². The minimum Gasteiger partial charge on any atom is -0.387 e. The number of hydrogen-bond acceptors (Lipinski definition) is 3. The molecule has 0 aromatic heterocycles. The molecule has 1 rings (SSSR count). The van der Waals surface area contributed by atoms with E-state index < -0.39 is 17.7 Å². The number of rotatable bonds is 6.